The molecule has 0 amide bonds. The van der Waals surface area contributed by atoms with Crippen molar-refractivity contribution in [2.75, 3.05) is 24.9 Å². The van der Waals surface area contributed by atoms with Gasteiger partial charge in [-0.15, -0.1) is 0 Å². The van der Waals surface area contributed by atoms with E-state index in [9.17, 15) is 8.42 Å². The van der Waals surface area contributed by atoms with Crippen LogP contribution < -0.4 is 9.46 Å². The molecule has 160 valence electrons. The Labute approximate surface area is 185 Å². The molecule has 2 heterocycles. The Kier molecular flexibility index (Phi) is 5.04. The summed E-state index contributed by atoms with van der Waals surface area (Å²) in [6.07, 6.45) is 0.938. The molecular formula is C23H21ClN2O4S. The summed E-state index contributed by atoms with van der Waals surface area (Å²) >= 11 is 6.28. The topological polar surface area (TPSA) is 71.8 Å². The monoisotopic (exact) mass is 456 g/mol. The molecule has 8 heteroatoms. The lowest BCUT2D eigenvalue weighted by molar-refractivity contribution is 0.208. The molecule has 3 aromatic carbocycles. The molecule has 0 bridgehead atoms. The second-order valence-electron chi connectivity index (χ2n) is 7.80. The van der Waals surface area contributed by atoms with Crippen molar-refractivity contribution in [2.24, 2.45) is 0 Å². The van der Waals surface area contributed by atoms with Gasteiger partial charge in [0.2, 0.25) is 0 Å². The van der Waals surface area contributed by atoms with E-state index < -0.39 is 10.0 Å². The van der Waals surface area contributed by atoms with E-state index in [2.05, 4.69) is 9.62 Å². The number of para-hydroxylation sites is 1. The lowest BCUT2D eigenvalue weighted by atomic mass is 10.1. The highest BCUT2D eigenvalue weighted by molar-refractivity contribution is 7.92. The van der Waals surface area contributed by atoms with Crippen LogP contribution in [0.4, 0.5) is 5.69 Å². The van der Waals surface area contributed by atoms with Crippen LogP contribution in [0.15, 0.2) is 70.0 Å². The van der Waals surface area contributed by atoms with Gasteiger partial charge in [0.05, 0.1) is 15.6 Å². The van der Waals surface area contributed by atoms with Gasteiger partial charge in [-0.25, -0.2) is 8.42 Å². The van der Waals surface area contributed by atoms with Gasteiger partial charge in [-0.2, -0.15) is 0 Å². The molecule has 0 aliphatic carbocycles. The first-order valence-corrected chi connectivity index (χ1v) is 11.8. The summed E-state index contributed by atoms with van der Waals surface area (Å²) in [4.78, 5) is 2.34. The van der Waals surface area contributed by atoms with Crippen LogP contribution >= 0.6 is 11.6 Å². The molecule has 6 nitrogen and oxygen atoms in total. The van der Waals surface area contributed by atoms with Crippen molar-refractivity contribution in [3.63, 3.8) is 0 Å². The number of furan rings is 1. The number of halogens is 1. The van der Waals surface area contributed by atoms with Gasteiger partial charge in [0, 0.05) is 29.9 Å². The smallest absolute Gasteiger partial charge is 0.261 e. The fraction of sp³-hybridized carbons (Fsp3) is 0.217. The molecule has 1 aliphatic heterocycles. The maximum absolute atomic E-state index is 13.1. The van der Waals surface area contributed by atoms with E-state index in [0.29, 0.717) is 22.0 Å². The van der Waals surface area contributed by atoms with Crippen molar-refractivity contribution in [1.29, 1.82) is 0 Å². The molecule has 0 radical (unpaired) electrons. The highest BCUT2D eigenvalue weighted by atomic mass is 35.5. The molecule has 31 heavy (non-hydrogen) atoms. The second kappa shape index (κ2) is 7.75. The fourth-order valence-corrected chi connectivity index (χ4v) is 5.15. The summed E-state index contributed by atoms with van der Waals surface area (Å²) in [6, 6.07) is 17.3. The van der Waals surface area contributed by atoms with Gasteiger partial charge in [0.25, 0.3) is 10.0 Å². The number of fused-ring (bicyclic) bond motifs is 3. The van der Waals surface area contributed by atoms with E-state index in [4.69, 9.17) is 20.8 Å². The molecule has 1 atom stereocenters. The van der Waals surface area contributed by atoms with Gasteiger partial charge < -0.3 is 14.1 Å². The van der Waals surface area contributed by atoms with Crippen LogP contribution in [0.25, 0.3) is 21.9 Å². The Hall–Kier alpha value is -2.74. The molecule has 1 aromatic heterocycles. The third-order valence-corrected chi connectivity index (χ3v) is 7.17. The van der Waals surface area contributed by atoms with Crippen LogP contribution in [0.5, 0.6) is 5.75 Å². The van der Waals surface area contributed by atoms with E-state index >= 15 is 0 Å². The van der Waals surface area contributed by atoms with Crippen molar-refractivity contribution in [2.45, 2.75) is 17.4 Å². The zero-order valence-corrected chi connectivity index (χ0v) is 18.4. The molecule has 0 spiro atoms. The third kappa shape index (κ3) is 3.96. The SMILES string of the molecule is CN1CC[C@H](Oc2cc(NS(=O)(=O)c3ccc4oc5ccccc5c4c3)ccc2Cl)C1. The van der Waals surface area contributed by atoms with E-state index in [1.807, 2.05) is 31.3 Å². The number of nitrogens with zero attached hydrogens (tertiary/aromatic N) is 1. The molecule has 1 fully saturated rings. The second-order valence-corrected chi connectivity index (χ2v) is 9.89. The Morgan fingerprint density at radius 2 is 1.87 bits per heavy atom. The van der Waals surface area contributed by atoms with Crippen molar-refractivity contribution < 1.29 is 17.6 Å². The van der Waals surface area contributed by atoms with E-state index in [1.165, 1.54) is 6.07 Å². The molecule has 0 saturated carbocycles. The molecule has 1 saturated heterocycles. The summed E-state index contributed by atoms with van der Waals surface area (Å²) in [6.45, 7) is 1.77. The number of likely N-dealkylation sites (tertiary alicyclic amines) is 1. The number of hydrogen-bond donors (Lipinski definition) is 1. The maximum atomic E-state index is 13.1. The first-order chi connectivity index (χ1) is 14.9. The van der Waals surface area contributed by atoms with Gasteiger partial charge in [-0.1, -0.05) is 29.8 Å². The van der Waals surface area contributed by atoms with E-state index in [0.717, 1.165) is 35.9 Å². The number of benzene rings is 3. The van der Waals surface area contributed by atoms with Crippen LogP contribution in [0.3, 0.4) is 0 Å². The first-order valence-electron chi connectivity index (χ1n) is 9.98. The zero-order valence-electron chi connectivity index (χ0n) is 16.8. The first kappa shape index (κ1) is 20.2. The van der Waals surface area contributed by atoms with Crippen LogP contribution in [0.2, 0.25) is 5.02 Å². The van der Waals surface area contributed by atoms with Gasteiger partial charge in [-0.3, -0.25) is 4.72 Å². The summed E-state index contributed by atoms with van der Waals surface area (Å²) < 4.78 is 40.6. The zero-order chi connectivity index (χ0) is 21.6. The number of nitrogens with one attached hydrogen (secondary N) is 1. The van der Waals surface area contributed by atoms with Crippen molar-refractivity contribution in [3.8, 4) is 5.75 Å². The van der Waals surface area contributed by atoms with Crippen LogP contribution in [0.1, 0.15) is 6.42 Å². The minimum atomic E-state index is -3.82. The van der Waals surface area contributed by atoms with Crippen LogP contribution in [-0.4, -0.2) is 39.6 Å². The van der Waals surface area contributed by atoms with Crippen LogP contribution in [0, 0.1) is 0 Å². The largest absolute Gasteiger partial charge is 0.487 e. The molecule has 5 rings (SSSR count). The average molecular weight is 457 g/mol. The Morgan fingerprint density at radius 3 is 2.68 bits per heavy atom. The normalized spacial score (nSPS) is 17.4. The third-order valence-electron chi connectivity index (χ3n) is 5.48. The van der Waals surface area contributed by atoms with Crippen molar-refractivity contribution in [3.05, 3.63) is 65.7 Å². The number of hydrogen-bond acceptors (Lipinski definition) is 5. The highest BCUT2D eigenvalue weighted by Gasteiger charge is 2.23. The van der Waals surface area contributed by atoms with Crippen molar-refractivity contribution >= 4 is 49.3 Å². The predicted molar refractivity (Wildman–Crippen MR) is 123 cm³/mol. The van der Waals surface area contributed by atoms with Gasteiger partial charge in [0.1, 0.15) is 23.0 Å². The quantitative estimate of drug-likeness (QED) is 0.451. The summed E-state index contributed by atoms with van der Waals surface area (Å²) in [7, 11) is -1.78. The minimum Gasteiger partial charge on any atom is -0.487 e. The lowest BCUT2D eigenvalue weighted by Gasteiger charge is -2.16. The molecule has 1 N–H and O–H groups in total. The molecule has 4 aromatic rings. The Morgan fingerprint density at radius 1 is 1.06 bits per heavy atom. The number of sulfonamides is 1. The van der Waals surface area contributed by atoms with Gasteiger partial charge in [0.15, 0.2) is 0 Å². The summed E-state index contributed by atoms with van der Waals surface area (Å²) in [5.74, 6) is 0.471. The number of anilines is 1. The van der Waals surface area contributed by atoms with Gasteiger partial charge >= 0.3 is 0 Å². The number of rotatable bonds is 5. The Bertz CT molecular complexity index is 1380. The van der Waals surface area contributed by atoms with E-state index in [-0.39, 0.29) is 11.0 Å². The summed E-state index contributed by atoms with van der Waals surface area (Å²) in [5, 5.41) is 2.08. The van der Waals surface area contributed by atoms with Gasteiger partial charge in [-0.05, 0) is 49.9 Å². The number of likely N-dealkylation sites (N-methyl/N-ethyl adjacent to an activating group) is 1. The average Bonchev–Trinajstić information content (AvgIpc) is 3.32. The van der Waals surface area contributed by atoms with Crippen molar-refractivity contribution in [1.82, 2.24) is 4.90 Å². The predicted octanol–water partition coefficient (Wildman–Crippen LogP) is 5.12. The highest BCUT2D eigenvalue weighted by Crippen LogP contribution is 2.33. The molecule has 1 aliphatic rings. The van der Waals surface area contributed by atoms with E-state index in [1.54, 1.807) is 30.3 Å². The fourth-order valence-electron chi connectivity index (χ4n) is 3.91. The summed E-state index contributed by atoms with van der Waals surface area (Å²) in [5.41, 5.74) is 1.75. The number of ether oxygens (including phenoxy) is 1. The minimum absolute atomic E-state index is 0.0335. The Balaban J connectivity index is 1.44. The lowest BCUT2D eigenvalue weighted by Crippen LogP contribution is -2.21. The molecular weight excluding hydrogens is 436 g/mol. The standard InChI is InChI=1S/C23H21ClN2O4S/c1-26-11-10-16(14-26)29-23-12-15(6-8-20(23)24)25-31(27,28)17-7-9-22-19(13-17)18-4-2-3-5-21(18)30-22/h2-9,12-13,16,25H,10-11,14H2,1H3/t16-/m0/s1. The maximum Gasteiger partial charge on any atom is 0.261 e. The molecule has 0 unspecified atom stereocenters. The van der Waals surface area contributed by atoms with Crippen LogP contribution in [-0.2, 0) is 10.0 Å².